The highest BCUT2D eigenvalue weighted by Crippen LogP contribution is 2.29. The Morgan fingerprint density at radius 1 is 1.32 bits per heavy atom. The van der Waals surface area contributed by atoms with E-state index in [1.165, 1.54) is 6.42 Å². The molecule has 1 saturated carbocycles. The van der Waals surface area contributed by atoms with E-state index in [0.717, 1.165) is 25.7 Å². The van der Waals surface area contributed by atoms with E-state index in [0.29, 0.717) is 11.3 Å². The lowest BCUT2D eigenvalue weighted by Crippen LogP contribution is -2.49. The normalized spacial score (nSPS) is 18.3. The monoisotopic (exact) mass is 262 g/mol. The van der Waals surface area contributed by atoms with Crippen molar-refractivity contribution in [2.45, 2.75) is 57.6 Å². The van der Waals surface area contributed by atoms with Crippen molar-refractivity contribution >= 4 is 5.78 Å². The van der Waals surface area contributed by atoms with Crippen LogP contribution in [-0.2, 0) is 0 Å². The van der Waals surface area contributed by atoms with Gasteiger partial charge in [-0.25, -0.2) is 0 Å². The van der Waals surface area contributed by atoms with Gasteiger partial charge in [0, 0.05) is 11.8 Å². The first-order chi connectivity index (χ1) is 9.01. The Morgan fingerprint density at radius 3 is 2.63 bits per heavy atom. The fraction of sp³-hybridized carbons (Fsp3) is 0.600. The summed E-state index contributed by atoms with van der Waals surface area (Å²) in [4.78, 5) is 16.6. The summed E-state index contributed by atoms with van der Waals surface area (Å²) in [6.07, 6.45) is 8.02. The van der Waals surface area contributed by atoms with Crippen molar-refractivity contribution in [1.29, 1.82) is 0 Å². The highest BCUT2D eigenvalue weighted by Gasteiger charge is 2.36. The van der Waals surface area contributed by atoms with Gasteiger partial charge in [-0.05, 0) is 32.8 Å². The van der Waals surface area contributed by atoms with Crippen LogP contribution in [0.5, 0.6) is 5.75 Å². The summed E-state index contributed by atoms with van der Waals surface area (Å²) >= 11 is 0. The number of nitrogens with zero attached hydrogens (tertiary/aromatic N) is 1. The Labute approximate surface area is 114 Å². The molecule has 0 spiro atoms. The van der Waals surface area contributed by atoms with E-state index in [1.807, 2.05) is 13.8 Å². The van der Waals surface area contributed by atoms with E-state index in [9.17, 15) is 4.79 Å². The zero-order chi connectivity index (χ0) is 13.9. The molecular formula is C15H22N2O2. The van der Waals surface area contributed by atoms with E-state index >= 15 is 0 Å². The van der Waals surface area contributed by atoms with Gasteiger partial charge in [-0.15, -0.1) is 0 Å². The summed E-state index contributed by atoms with van der Waals surface area (Å²) in [5.41, 5.74) is 6.11. The number of ketones is 1. The molecule has 0 radical (unpaired) electrons. The molecule has 0 atom stereocenters. The number of aromatic nitrogens is 1. The molecule has 2 rings (SSSR count). The van der Waals surface area contributed by atoms with E-state index in [2.05, 4.69) is 4.98 Å². The van der Waals surface area contributed by atoms with Gasteiger partial charge in [-0.3, -0.25) is 9.78 Å². The lowest BCUT2D eigenvalue weighted by Gasteiger charge is -2.31. The molecule has 0 aliphatic heterocycles. The lowest BCUT2D eigenvalue weighted by atomic mass is 9.77. The quantitative estimate of drug-likeness (QED) is 0.847. The fourth-order valence-electron chi connectivity index (χ4n) is 2.58. The van der Waals surface area contributed by atoms with Crippen molar-refractivity contribution < 1.29 is 9.53 Å². The first-order valence-electron chi connectivity index (χ1n) is 6.97. The van der Waals surface area contributed by atoms with Crippen molar-refractivity contribution in [3.05, 3.63) is 24.0 Å². The molecule has 1 heterocycles. The second-order valence-corrected chi connectivity index (χ2v) is 5.62. The summed E-state index contributed by atoms with van der Waals surface area (Å²) < 4.78 is 5.57. The smallest absolute Gasteiger partial charge is 0.184 e. The number of carbonyl (C=O) groups excluding carboxylic acids is 1. The molecule has 0 unspecified atom stereocenters. The third kappa shape index (κ3) is 3.32. The molecule has 2 N–H and O–H groups in total. The molecule has 4 heteroatoms. The second kappa shape index (κ2) is 5.70. The number of Topliss-reactive ketones (excluding diaryl/α,β-unsaturated/α-hetero) is 1. The Kier molecular flexibility index (Phi) is 4.20. The molecule has 0 aromatic carbocycles. The van der Waals surface area contributed by atoms with Crippen molar-refractivity contribution in [3.63, 3.8) is 0 Å². The summed E-state index contributed by atoms with van der Waals surface area (Å²) in [5.74, 6) is 0.620. The standard InChI is InChI=1S/C15H22N2O2/c1-11(2)19-13-8-12(9-17-10-13)14(18)15(16)6-4-3-5-7-15/h8-11H,3-7,16H2,1-2H3. The Morgan fingerprint density at radius 2 is 2.00 bits per heavy atom. The highest BCUT2D eigenvalue weighted by molar-refractivity contribution is 6.03. The van der Waals surface area contributed by atoms with Crippen LogP contribution in [0.15, 0.2) is 18.5 Å². The summed E-state index contributed by atoms with van der Waals surface area (Å²) in [6.45, 7) is 3.89. The molecule has 0 saturated heterocycles. The van der Waals surface area contributed by atoms with E-state index in [-0.39, 0.29) is 11.9 Å². The third-order valence-electron chi connectivity index (χ3n) is 3.55. The lowest BCUT2D eigenvalue weighted by molar-refractivity contribution is 0.0846. The largest absolute Gasteiger partial charge is 0.489 e. The van der Waals surface area contributed by atoms with Gasteiger partial charge in [0.25, 0.3) is 0 Å². The van der Waals surface area contributed by atoms with Crippen molar-refractivity contribution in [3.8, 4) is 5.75 Å². The summed E-state index contributed by atoms with van der Waals surface area (Å²) in [7, 11) is 0. The van der Waals surface area contributed by atoms with Crippen LogP contribution >= 0.6 is 0 Å². The minimum atomic E-state index is -0.712. The van der Waals surface area contributed by atoms with Crippen molar-refractivity contribution in [2.75, 3.05) is 0 Å². The van der Waals surface area contributed by atoms with Gasteiger partial charge >= 0.3 is 0 Å². The van der Waals surface area contributed by atoms with Gasteiger partial charge in [0.1, 0.15) is 5.75 Å². The number of carbonyl (C=O) groups is 1. The Bertz CT molecular complexity index is 451. The van der Waals surface area contributed by atoms with Gasteiger partial charge in [-0.2, -0.15) is 0 Å². The predicted octanol–water partition coefficient (Wildman–Crippen LogP) is 2.71. The van der Waals surface area contributed by atoms with Crippen LogP contribution in [0.2, 0.25) is 0 Å². The first-order valence-corrected chi connectivity index (χ1v) is 6.97. The van der Waals surface area contributed by atoms with Gasteiger partial charge in [0.05, 0.1) is 17.8 Å². The molecule has 4 nitrogen and oxygen atoms in total. The minimum absolute atomic E-state index is 0.00564. The van der Waals surface area contributed by atoms with E-state index < -0.39 is 5.54 Å². The molecule has 1 aromatic heterocycles. The van der Waals surface area contributed by atoms with Crippen LogP contribution in [0.3, 0.4) is 0 Å². The maximum atomic E-state index is 12.5. The van der Waals surface area contributed by atoms with E-state index in [4.69, 9.17) is 10.5 Å². The predicted molar refractivity (Wildman–Crippen MR) is 74.3 cm³/mol. The first kappa shape index (κ1) is 14.0. The number of hydrogen-bond acceptors (Lipinski definition) is 4. The average molecular weight is 262 g/mol. The molecule has 0 bridgehead atoms. The molecule has 1 aliphatic carbocycles. The van der Waals surface area contributed by atoms with E-state index in [1.54, 1.807) is 18.5 Å². The van der Waals surface area contributed by atoms with Gasteiger partial charge in [-0.1, -0.05) is 19.3 Å². The zero-order valence-corrected chi connectivity index (χ0v) is 11.7. The number of rotatable bonds is 4. The number of ether oxygens (including phenoxy) is 1. The molecule has 104 valence electrons. The zero-order valence-electron chi connectivity index (χ0n) is 11.7. The second-order valence-electron chi connectivity index (χ2n) is 5.62. The molecule has 0 amide bonds. The molecule has 1 aliphatic rings. The number of nitrogens with two attached hydrogens (primary N) is 1. The maximum absolute atomic E-state index is 12.5. The molecule has 1 aromatic rings. The van der Waals surface area contributed by atoms with Crippen LogP contribution < -0.4 is 10.5 Å². The Hall–Kier alpha value is -1.42. The fourth-order valence-corrected chi connectivity index (χ4v) is 2.58. The average Bonchev–Trinajstić information content (AvgIpc) is 2.38. The topological polar surface area (TPSA) is 65.2 Å². The van der Waals surface area contributed by atoms with Crippen LogP contribution in [0.1, 0.15) is 56.3 Å². The van der Waals surface area contributed by atoms with Crippen LogP contribution in [0.25, 0.3) is 0 Å². The molecular weight excluding hydrogens is 240 g/mol. The van der Waals surface area contributed by atoms with Crippen molar-refractivity contribution in [1.82, 2.24) is 4.98 Å². The number of hydrogen-bond donors (Lipinski definition) is 1. The van der Waals surface area contributed by atoms with Gasteiger partial charge in [0.2, 0.25) is 0 Å². The maximum Gasteiger partial charge on any atom is 0.184 e. The van der Waals surface area contributed by atoms with Crippen LogP contribution in [0.4, 0.5) is 0 Å². The van der Waals surface area contributed by atoms with Crippen LogP contribution in [-0.4, -0.2) is 22.4 Å². The minimum Gasteiger partial charge on any atom is -0.489 e. The number of pyridine rings is 1. The Balaban J connectivity index is 2.18. The van der Waals surface area contributed by atoms with Crippen molar-refractivity contribution in [2.24, 2.45) is 5.73 Å². The third-order valence-corrected chi connectivity index (χ3v) is 3.55. The SMILES string of the molecule is CC(C)Oc1cncc(C(=O)C2(N)CCCCC2)c1. The molecule has 1 fully saturated rings. The van der Waals surface area contributed by atoms with Gasteiger partial charge in [0.15, 0.2) is 5.78 Å². The summed E-state index contributed by atoms with van der Waals surface area (Å²) in [5, 5.41) is 0. The summed E-state index contributed by atoms with van der Waals surface area (Å²) in [6, 6.07) is 1.75. The van der Waals surface area contributed by atoms with Crippen LogP contribution in [0, 0.1) is 0 Å². The molecule has 19 heavy (non-hydrogen) atoms. The highest BCUT2D eigenvalue weighted by atomic mass is 16.5. The van der Waals surface area contributed by atoms with Gasteiger partial charge < -0.3 is 10.5 Å².